The lowest BCUT2D eigenvalue weighted by Crippen LogP contribution is -2.34. The lowest BCUT2D eigenvalue weighted by molar-refractivity contribution is 0.0925. The van der Waals surface area contributed by atoms with E-state index in [1.54, 1.807) is 0 Å². The third-order valence-electron chi connectivity index (χ3n) is 5.11. The molecule has 1 aromatic heterocycles. The Hall–Kier alpha value is -0.400. The summed E-state index contributed by atoms with van der Waals surface area (Å²) in [5.74, 6) is 0.831. The van der Waals surface area contributed by atoms with Crippen molar-refractivity contribution in [2.75, 3.05) is 6.61 Å². The van der Waals surface area contributed by atoms with Crippen molar-refractivity contribution in [3.8, 4) is 5.75 Å². The Balaban J connectivity index is 1.87. The molecule has 0 N–H and O–H groups in total. The van der Waals surface area contributed by atoms with Gasteiger partial charge in [0.05, 0.1) is 12.2 Å². The van der Waals surface area contributed by atoms with E-state index in [-0.39, 0.29) is 23.2 Å². The van der Waals surface area contributed by atoms with Crippen LogP contribution in [0.1, 0.15) is 61.3 Å². The summed E-state index contributed by atoms with van der Waals surface area (Å²) < 4.78 is 7.96. The van der Waals surface area contributed by atoms with Crippen molar-refractivity contribution in [1.29, 1.82) is 0 Å². The van der Waals surface area contributed by atoms with E-state index in [1.807, 2.05) is 12.1 Å². The summed E-state index contributed by atoms with van der Waals surface area (Å²) in [6.07, 6.45) is 2.35. The Labute approximate surface area is 175 Å². The second-order valence-electron chi connectivity index (χ2n) is 7.91. The minimum atomic E-state index is 0.0174. The number of ether oxygens (including phenoxy) is 1. The largest absolute Gasteiger partial charge is 0.484 e. The molecule has 134 valence electrons. The van der Waals surface area contributed by atoms with Gasteiger partial charge in [-0.25, -0.2) is 0 Å². The molecule has 0 fully saturated rings. The predicted octanol–water partition coefficient (Wildman–Crippen LogP) is 6.73. The summed E-state index contributed by atoms with van der Waals surface area (Å²) in [6.45, 7) is 9.30. The van der Waals surface area contributed by atoms with Gasteiger partial charge in [0.15, 0.2) is 6.61 Å². The molecule has 2 nitrogen and oxygen atoms in total. The highest BCUT2D eigenvalue weighted by atomic mass is 127. The monoisotopic (exact) mass is 532 g/mol. The van der Waals surface area contributed by atoms with Gasteiger partial charge in [0, 0.05) is 0 Å². The molecule has 0 atom stereocenters. The predicted molar refractivity (Wildman–Crippen MR) is 116 cm³/mol. The maximum absolute atomic E-state index is 12.3. The second-order valence-corrected chi connectivity index (χ2v) is 11.5. The van der Waals surface area contributed by atoms with Crippen LogP contribution in [0.15, 0.2) is 28.1 Å². The summed E-state index contributed by atoms with van der Waals surface area (Å²) >= 11 is 7.16. The minimum absolute atomic E-state index is 0.0174. The summed E-state index contributed by atoms with van der Waals surface area (Å²) in [7, 11) is 0. The number of ketones is 1. The van der Waals surface area contributed by atoms with Crippen LogP contribution in [-0.2, 0) is 10.8 Å². The van der Waals surface area contributed by atoms with Gasteiger partial charge in [-0.1, -0.05) is 27.7 Å². The SMILES string of the molecule is CC1(C)CCC(C)(C)c2cc(OCC(=O)c3ccc(Br)s3)c(I)cc21. The average molecular weight is 533 g/mol. The van der Waals surface area contributed by atoms with Crippen molar-refractivity contribution in [2.45, 2.75) is 51.4 Å². The van der Waals surface area contributed by atoms with Crippen molar-refractivity contribution in [3.05, 3.63) is 47.6 Å². The van der Waals surface area contributed by atoms with Crippen molar-refractivity contribution in [2.24, 2.45) is 0 Å². The summed E-state index contributed by atoms with van der Waals surface area (Å²) in [4.78, 5) is 13.0. The van der Waals surface area contributed by atoms with Crippen LogP contribution >= 0.6 is 49.9 Å². The van der Waals surface area contributed by atoms with Crippen LogP contribution < -0.4 is 4.74 Å². The highest BCUT2D eigenvalue weighted by Gasteiger charge is 2.37. The van der Waals surface area contributed by atoms with Gasteiger partial charge in [-0.2, -0.15) is 0 Å². The van der Waals surface area contributed by atoms with E-state index in [2.05, 4.69) is 78.3 Å². The number of thiophene rings is 1. The topological polar surface area (TPSA) is 26.3 Å². The smallest absolute Gasteiger partial charge is 0.210 e. The van der Waals surface area contributed by atoms with E-state index in [0.717, 1.165) is 24.4 Å². The molecule has 0 saturated carbocycles. The number of halogens is 2. The van der Waals surface area contributed by atoms with Gasteiger partial charge in [-0.15, -0.1) is 11.3 Å². The van der Waals surface area contributed by atoms with Crippen molar-refractivity contribution in [1.82, 2.24) is 0 Å². The zero-order valence-electron chi connectivity index (χ0n) is 14.9. The van der Waals surface area contributed by atoms with Crippen molar-refractivity contribution in [3.63, 3.8) is 0 Å². The lowest BCUT2D eigenvalue weighted by Gasteiger charge is -2.42. The molecule has 3 rings (SSSR count). The fourth-order valence-electron chi connectivity index (χ4n) is 3.36. The van der Waals surface area contributed by atoms with E-state index in [0.29, 0.717) is 0 Å². The Morgan fingerprint density at radius 1 is 1.16 bits per heavy atom. The highest BCUT2D eigenvalue weighted by Crippen LogP contribution is 2.47. The standard InChI is InChI=1S/C20H22BrIO2S/c1-19(2)7-8-20(3,4)13-10-16(14(22)9-12(13)19)24-11-15(23)17-5-6-18(21)25-17/h5-6,9-10H,7-8,11H2,1-4H3. The Morgan fingerprint density at radius 2 is 1.76 bits per heavy atom. The summed E-state index contributed by atoms with van der Waals surface area (Å²) in [5, 5.41) is 0. The minimum Gasteiger partial charge on any atom is -0.484 e. The van der Waals surface area contributed by atoms with Crippen LogP contribution in [0.4, 0.5) is 0 Å². The third-order valence-corrected chi connectivity index (χ3v) is 7.62. The molecule has 0 saturated heterocycles. The maximum atomic E-state index is 12.3. The Bertz CT molecular complexity index is 823. The van der Waals surface area contributed by atoms with E-state index < -0.39 is 0 Å². The quantitative estimate of drug-likeness (QED) is 0.322. The molecule has 1 aliphatic carbocycles. The van der Waals surface area contributed by atoms with Crippen LogP contribution in [0.25, 0.3) is 0 Å². The van der Waals surface area contributed by atoms with Gasteiger partial charge >= 0.3 is 0 Å². The molecule has 0 radical (unpaired) electrons. The van der Waals surface area contributed by atoms with Gasteiger partial charge in [0.1, 0.15) is 5.75 Å². The summed E-state index contributed by atoms with van der Waals surface area (Å²) in [5.41, 5.74) is 3.08. The molecular weight excluding hydrogens is 511 g/mol. The summed E-state index contributed by atoms with van der Waals surface area (Å²) in [6, 6.07) is 8.14. The zero-order chi connectivity index (χ0) is 18.4. The number of rotatable bonds is 4. The number of benzene rings is 1. The van der Waals surface area contributed by atoms with E-state index >= 15 is 0 Å². The van der Waals surface area contributed by atoms with Crippen LogP contribution in [-0.4, -0.2) is 12.4 Å². The fourth-order valence-corrected chi connectivity index (χ4v) is 5.29. The van der Waals surface area contributed by atoms with Crippen molar-refractivity contribution >= 4 is 55.6 Å². The first kappa shape index (κ1) is 19.4. The molecule has 2 aromatic rings. The first-order chi connectivity index (χ1) is 11.6. The molecule has 1 heterocycles. The van der Waals surface area contributed by atoms with Crippen LogP contribution in [0.3, 0.4) is 0 Å². The molecule has 1 aliphatic rings. The number of Topliss-reactive ketones (excluding diaryl/α,β-unsaturated/α-hetero) is 1. The maximum Gasteiger partial charge on any atom is 0.210 e. The highest BCUT2D eigenvalue weighted by molar-refractivity contribution is 14.1. The molecule has 1 aromatic carbocycles. The average Bonchev–Trinajstić information content (AvgIpc) is 2.97. The molecule has 0 spiro atoms. The number of carbonyl (C=O) groups excluding carboxylic acids is 1. The fraction of sp³-hybridized carbons (Fsp3) is 0.450. The molecule has 0 amide bonds. The molecule has 5 heteroatoms. The number of hydrogen-bond acceptors (Lipinski definition) is 3. The molecule has 25 heavy (non-hydrogen) atoms. The molecule has 0 bridgehead atoms. The van der Waals surface area contributed by atoms with Crippen LogP contribution in [0.2, 0.25) is 0 Å². The van der Waals surface area contributed by atoms with Crippen LogP contribution in [0.5, 0.6) is 5.75 Å². The second kappa shape index (κ2) is 6.97. The van der Waals surface area contributed by atoms with E-state index in [4.69, 9.17) is 4.74 Å². The Morgan fingerprint density at radius 3 is 2.32 bits per heavy atom. The van der Waals surface area contributed by atoms with Crippen LogP contribution in [0, 0.1) is 3.57 Å². The van der Waals surface area contributed by atoms with E-state index in [1.165, 1.54) is 28.9 Å². The molecule has 0 aliphatic heterocycles. The van der Waals surface area contributed by atoms with E-state index in [9.17, 15) is 4.79 Å². The number of hydrogen-bond donors (Lipinski definition) is 0. The molecule has 0 unspecified atom stereocenters. The first-order valence-electron chi connectivity index (χ1n) is 8.36. The van der Waals surface area contributed by atoms with Gasteiger partial charge < -0.3 is 4.74 Å². The zero-order valence-corrected chi connectivity index (χ0v) is 19.5. The molecular formula is C20H22BrIO2S. The number of fused-ring (bicyclic) bond motifs is 1. The van der Waals surface area contributed by atoms with Crippen molar-refractivity contribution < 1.29 is 9.53 Å². The van der Waals surface area contributed by atoms with Gasteiger partial charge in [0.2, 0.25) is 5.78 Å². The number of carbonyl (C=O) groups is 1. The van der Waals surface area contributed by atoms with Gasteiger partial charge in [-0.05, 0) is 97.6 Å². The normalized spacial score (nSPS) is 17.8. The van der Waals surface area contributed by atoms with Gasteiger partial charge in [0.25, 0.3) is 0 Å². The lowest BCUT2D eigenvalue weighted by atomic mass is 9.63. The Kier molecular flexibility index (Phi) is 5.40. The third kappa shape index (κ3) is 3.98. The first-order valence-corrected chi connectivity index (χ1v) is 11.0. The van der Waals surface area contributed by atoms with Gasteiger partial charge in [-0.3, -0.25) is 4.79 Å².